The first-order valence-electron chi connectivity index (χ1n) is 10.3. The van der Waals surface area contributed by atoms with Crippen molar-refractivity contribution in [1.29, 1.82) is 0 Å². The van der Waals surface area contributed by atoms with Gasteiger partial charge in [-0.15, -0.1) is 0 Å². The molecule has 4 rings (SSSR count). The third-order valence-electron chi connectivity index (χ3n) is 5.57. The lowest BCUT2D eigenvalue weighted by atomic mass is 10.1. The van der Waals surface area contributed by atoms with Crippen molar-refractivity contribution < 1.29 is 9.32 Å². The number of piperazine rings is 1. The van der Waals surface area contributed by atoms with Gasteiger partial charge in [0.15, 0.2) is 0 Å². The summed E-state index contributed by atoms with van der Waals surface area (Å²) in [6, 6.07) is 15.8. The van der Waals surface area contributed by atoms with Crippen LogP contribution in [0.5, 0.6) is 0 Å². The van der Waals surface area contributed by atoms with Gasteiger partial charge in [0.25, 0.3) is 0 Å². The molecule has 30 heavy (non-hydrogen) atoms. The number of carbonyl (C=O) groups excluding carboxylic acids is 1. The Morgan fingerprint density at radius 3 is 2.50 bits per heavy atom. The van der Waals surface area contributed by atoms with Crippen molar-refractivity contribution in [2.75, 3.05) is 38.0 Å². The number of carbonyl (C=O) groups is 1. The predicted octanol–water partition coefficient (Wildman–Crippen LogP) is 3.11. The Morgan fingerprint density at radius 1 is 1.00 bits per heavy atom. The highest BCUT2D eigenvalue weighted by molar-refractivity contribution is 5.93. The molecule has 156 valence electrons. The largest absolute Gasteiger partial charge is 0.338 e. The minimum atomic E-state index is 0.0292. The molecule has 0 atom stereocenters. The number of amides is 1. The van der Waals surface area contributed by atoms with Crippen molar-refractivity contribution in [2.24, 2.45) is 0 Å². The van der Waals surface area contributed by atoms with Crippen LogP contribution in [0.1, 0.15) is 17.0 Å². The number of anilines is 1. The number of nitrogens with one attached hydrogen (secondary N) is 1. The second-order valence-corrected chi connectivity index (χ2v) is 7.73. The van der Waals surface area contributed by atoms with E-state index in [0.29, 0.717) is 24.8 Å². The molecule has 7 heteroatoms. The van der Waals surface area contributed by atoms with Crippen LogP contribution in [0.3, 0.4) is 0 Å². The summed E-state index contributed by atoms with van der Waals surface area (Å²) in [6.07, 6.45) is 0. The lowest BCUT2D eigenvalue weighted by molar-refractivity contribution is -0.117. The highest BCUT2D eigenvalue weighted by Gasteiger charge is 2.21. The van der Waals surface area contributed by atoms with E-state index in [2.05, 4.69) is 38.2 Å². The van der Waals surface area contributed by atoms with Crippen molar-refractivity contribution in [3.05, 3.63) is 65.5 Å². The summed E-state index contributed by atoms with van der Waals surface area (Å²) in [5, 5.41) is 7.12. The van der Waals surface area contributed by atoms with E-state index >= 15 is 0 Å². The van der Waals surface area contributed by atoms with E-state index in [0.717, 1.165) is 43.0 Å². The summed E-state index contributed by atoms with van der Waals surface area (Å²) in [6.45, 7) is 8.50. The standard InChI is InChI=1S/C23H27N5O2/c1-17-7-6-10-20(18(17)2)24-21(29)15-27-11-13-28(14-12-27)16-22-25-23(26-30-22)19-8-4-3-5-9-19/h3-10H,11-16H2,1-2H3,(H,24,29). The molecule has 1 saturated heterocycles. The zero-order chi connectivity index (χ0) is 20.9. The number of hydrogen-bond donors (Lipinski definition) is 1. The molecule has 0 bridgehead atoms. The first-order valence-corrected chi connectivity index (χ1v) is 10.3. The van der Waals surface area contributed by atoms with Crippen molar-refractivity contribution in [3.63, 3.8) is 0 Å². The summed E-state index contributed by atoms with van der Waals surface area (Å²) in [7, 11) is 0. The Kier molecular flexibility index (Phi) is 6.21. The van der Waals surface area contributed by atoms with E-state index in [1.807, 2.05) is 49.4 Å². The number of nitrogens with zero attached hydrogens (tertiary/aromatic N) is 4. The lowest BCUT2D eigenvalue weighted by Crippen LogP contribution is -2.48. The predicted molar refractivity (Wildman–Crippen MR) is 116 cm³/mol. The minimum absolute atomic E-state index is 0.0292. The molecule has 0 saturated carbocycles. The number of hydrogen-bond acceptors (Lipinski definition) is 6. The molecule has 0 radical (unpaired) electrons. The lowest BCUT2D eigenvalue weighted by Gasteiger charge is -2.33. The van der Waals surface area contributed by atoms with Crippen LogP contribution in [0, 0.1) is 13.8 Å². The monoisotopic (exact) mass is 405 g/mol. The average Bonchev–Trinajstić information content (AvgIpc) is 3.22. The van der Waals surface area contributed by atoms with E-state index in [-0.39, 0.29) is 5.91 Å². The molecule has 1 aliphatic heterocycles. The first-order chi connectivity index (χ1) is 14.6. The summed E-state index contributed by atoms with van der Waals surface area (Å²) in [5.41, 5.74) is 4.14. The van der Waals surface area contributed by atoms with Crippen LogP contribution in [0.4, 0.5) is 5.69 Å². The van der Waals surface area contributed by atoms with Crippen LogP contribution in [-0.4, -0.2) is 58.6 Å². The van der Waals surface area contributed by atoms with Crippen molar-refractivity contribution >= 4 is 11.6 Å². The second kappa shape index (κ2) is 9.19. The zero-order valence-corrected chi connectivity index (χ0v) is 17.5. The van der Waals surface area contributed by atoms with E-state index in [1.54, 1.807) is 0 Å². The third-order valence-corrected chi connectivity index (χ3v) is 5.57. The smallest absolute Gasteiger partial charge is 0.241 e. The molecule has 0 aliphatic carbocycles. The SMILES string of the molecule is Cc1cccc(NC(=O)CN2CCN(Cc3nc(-c4ccccc4)no3)CC2)c1C. The van der Waals surface area contributed by atoms with Crippen LogP contribution in [-0.2, 0) is 11.3 Å². The fourth-order valence-corrected chi connectivity index (χ4v) is 3.60. The maximum absolute atomic E-state index is 12.5. The Bertz CT molecular complexity index is 994. The van der Waals surface area contributed by atoms with Gasteiger partial charge < -0.3 is 9.84 Å². The van der Waals surface area contributed by atoms with Gasteiger partial charge >= 0.3 is 0 Å². The molecule has 1 N–H and O–H groups in total. The molecule has 2 aromatic carbocycles. The first kappa shape index (κ1) is 20.3. The topological polar surface area (TPSA) is 74.5 Å². The van der Waals surface area contributed by atoms with Crippen LogP contribution in [0.15, 0.2) is 53.1 Å². The fourth-order valence-electron chi connectivity index (χ4n) is 3.60. The zero-order valence-electron chi connectivity index (χ0n) is 17.5. The van der Waals surface area contributed by atoms with Gasteiger partial charge in [-0.1, -0.05) is 47.6 Å². The molecule has 2 heterocycles. The summed E-state index contributed by atoms with van der Waals surface area (Å²) in [5.74, 6) is 1.27. The van der Waals surface area contributed by atoms with Crippen LogP contribution in [0.25, 0.3) is 11.4 Å². The van der Waals surface area contributed by atoms with Gasteiger partial charge in [0.1, 0.15) is 0 Å². The molecular formula is C23H27N5O2. The van der Waals surface area contributed by atoms with E-state index in [9.17, 15) is 4.79 Å². The van der Waals surface area contributed by atoms with E-state index in [4.69, 9.17) is 4.52 Å². The van der Waals surface area contributed by atoms with Gasteiger partial charge in [-0.3, -0.25) is 14.6 Å². The van der Waals surface area contributed by atoms with Crippen LogP contribution in [0.2, 0.25) is 0 Å². The van der Waals surface area contributed by atoms with Gasteiger partial charge in [-0.05, 0) is 31.0 Å². The molecule has 3 aromatic rings. The van der Waals surface area contributed by atoms with Gasteiger partial charge in [0.2, 0.25) is 17.6 Å². The molecule has 0 unspecified atom stereocenters. The molecule has 1 amide bonds. The van der Waals surface area contributed by atoms with Gasteiger partial charge in [0, 0.05) is 37.4 Å². The van der Waals surface area contributed by atoms with Crippen molar-refractivity contribution in [1.82, 2.24) is 19.9 Å². The quantitative estimate of drug-likeness (QED) is 0.679. The molecule has 0 spiro atoms. The Balaban J connectivity index is 1.25. The van der Waals surface area contributed by atoms with Crippen molar-refractivity contribution in [3.8, 4) is 11.4 Å². The molecule has 1 aliphatic rings. The summed E-state index contributed by atoms with van der Waals surface area (Å²) < 4.78 is 5.42. The number of benzene rings is 2. The van der Waals surface area contributed by atoms with Gasteiger partial charge in [-0.25, -0.2) is 0 Å². The maximum Gasteiger partial charge on any atom is 0.241 e. The number of aromatic nitrogens is 2. The average molecular weight is 406 g/mol. The maximum atomic E-state index is 12.5. The third kappa shape index (κ3) is 4.93. The Hall–Kier alpha value is -3.03. The molecule has 1 aromatic heterocycles. The minimum Gasteiger partial charge on any atom is -0.338 e. The van der Waals surface area contributed by atoms with Gasteiger partial charge in [0.05, 0.1) is 13.1 Å². The van der Waals surface area contributed by atoms with Crippen molar-refractivity contribution in [2.45, 2.75) is 20.4 Å². The Labute approximate surface area is 176 Å². The molecular weight excluding hydrogens is 378 g/mol. The highest BCUT2D eigenvalue weighted by atomic mass is 16.5. The second-order valence-electron chi connectivity index (χ2n) is 7.73. The normalized spacial score (nSPS) is 15.3. The fraction of sp³-hybridized carbons (Fsp3) is 0.348. The summed E-state index contributed by atoms with van der Waals surface area (Å²) >= 11 is 0. The van der Waals surface area contributed by atoms with Gasteiger partial charge in [-0.2, -0.15) is 4.98 Å². The Morgan fingerprint density at radius 2 is 1.73 bits per heavy atom. The number of rotatable bonds is 6. The van der Waals surface area contributed by atoms with E-state index < -0.39 is 0 Å². The van der Waals surface area contributed by atoms with Crippen LogP contribution >= 0.6 is 0 Å². The highest BCUT2D eigenvalue weighted by Crippen LogP contribution is 2.18. The van der Waals surface area contributed by atoms with Crippen LogP contribution < -0.4 is 5.32 Å². The summed E-state index contributed by atoms with van der Waals surface area (Å²) in [4.78, 5) is 21.4. The molecule has 7 nitrogen and oxygen atoms in total. The molecule has 1 fully saturated rings. The van der Waals surface area contributed by atoms with E-state index in [1.165, 1.54) is 5.56 Å². The number of aryl methyl sites for hydroxylation is 1.